The second-order valence-corrected chi connectivity index (χ2v) is 8.51. The number of hydrogen-bond acceptors (Lipinski definition) is 8. The van der Waals surface area contributed by atoms with Gasteiger partial charge in [0, 0.05) is 18.3 Å². The van der Waals surface area contributed by atoms with Crippen LogP contribution in [0.4, 0.5) is 5.69 Å². The van der Waals surface area contributed by atoms with Crippen molar-refractivity contribution in [2.75, 3.05) is 6.61 Å². The summed E-state index contributed by atoms with van der Waals surface area (Å²) in [6, 6.07) is 11.1. The number of non-ortho nitro benzene ring substituents is 1. The molecular formula is C23H20ClN3O5S. The fraction of sp³-hybridized carbons (Fsp3) is 0.217. The molecule has 2 heterocycles. The first-order valence-electron chi connectivity index (χ1n) is 10.1. The Labute approximate surface area is 199 Å². The zero-order valence-corrected chi connectivity index (χ0v) is 19.4. The normalized spacial score (nSPS) is 17.0. The average molecular weight is 486 g/mol. The number of aliphatic imine (C=N–C) groups is 1. The van der Waals surface area contributed by atoms with Gasteiger partial charge in [-0.3, -0.25) is 10.1 Å². The van der Waals surface area contributed by atoms with Crippen molar-refractivity contribution in [3.63, 3.8) is 0 Å². The number of ether oxygens (including phenoxy) is 2. The highest BCUT2D eigenvalue weighted by Gasteiger charge is 2.37. The number of carbonyl (C=O) groups is 1. The average Bonchev–Trinajstić information content (AvgIpc) is 3.25. The number of hydrogen-bond donors (Lipinski definition) is 0. The second kappa shape index (κ2) is 9.68. The first-order chi connectivity index (χ1) is 15.9. The van der Waals surface area contributed by atoms with Gasteiger partial charge in [-0.25, -0.2) is 9.79 Å². The highest BCUT2D eigenvalue weighted by atomic mass is 35.5. The number of nitro groups is 1. The molecule has 0 aliphatic carbocycles. The number of nitrogens with zero attached hydrogens (tertiary/aromatic N) is 3. The number of rotatable bonds is 7. The minimum atomic E-state index is -0.448. The predicted molar refractivity (Wildman–Crippen MR) is 127 cm³/mol. The van der Waals surface area contributed by atoms with Crippen LogP contribution in [0.3, 0.4) is 0 Å². The molecule has 0 saturated heterocycles. The van der Waals surface area contributed by atoms with Crippen LogP contribution in [-0.2, 0) is 16.1 Å². The number of halogens is 1. The van der Waals surface area contributed by atoms with Crippen LogP contribution in [0.2, 0.25) is 5.02 Å². The Morgan fingerprint density at radius 1 is 1.27 bits per heavy atom. The van der Waals surface area contributed by atoms with E-state index in [1.807, 2.05) is 22.6 Å². The summed E-state index contributed by atoms with van der Waals surface area (Å²) >= 11 is 8.01. The van der Waals surface area contributed by atoms with Gasteiger partial charge >= 0.3 is 5.97 Å². The molecule has 4 rings (SSSR count). The van der Waals surface area contributed by atoms with Crippen LogP contribution in [0.25, 0.3) is 0 Å². The monoisotopic (exact) mass is 485 g/mol. The van der Waals surface area contributed by atoms with Gasteiger partial charge in [0.25, 0.3) is 5.69 Å². The summed E-state index contributed by atoms with van der Waals surface area (Å²) in [4.78, 5) is 29.6. The van der Waals surface area contributed by atoms with E-state index in [0.29, 0.717) is 22.0 Å². The van der Waals surface area contributed by atoms with E-state index in [4.69, 9.17) is 21.1 Å². The molecule has 0 radical (unpaired) electrons. The summed E-state index contributed by atoms with van der Waals surface area (Å²) in [6.07, 6.45) is 1.88. The summed E-state index contributed by atoms with van der Waals surface area (Å²) in [5.41, 5.74) is 2.66. The van der Waals surface area contributed by atoms with Crippen LogP contribution in [0.5, 0.6) is 5.75 Å². The fourth-order valence-corrected chi connectivity index (χ4v) is 4.61. The molecule has 8 nitrogen and oxygen atoms in total. The molecule has 0 aromatic heterocycles. The maximum atomic E-state index is 12.8. The Bertz CT molecular complexity index is 1190. The van der Waals surface area contributed by atoms with Gasteiger partial charge in [0.1, 0.15) is 12.4 Å². The fourth-order valence-electron chi connectivity index (χ4n) is 3.58. The molecule has 33 heavy (non-hydrogen) atoms. The molecule has 0 bridgehead atoms. The molecule has 2 aliphatic rings. The molecule has 10 heteroatoms. The highest BCUT2D eigenvalue weighted by Crippen LogP contribution is 2.42. The van der Waals surface area contributed by atoms with Gasteiger partial charge in [-0.15, -0.1) is 0 Å². The van der Waals surface area contributed by atoms with Gasteiger partial charge in [-0.2, -0.15) is 0 Å². The van der Waals surface area contributed by atoms with E-state index in [9.17, 15) is 14.9 Å². The van der Waals surface area contributed by atoms with Crippen LogP contribution in [0.15, 0.2) is 70.3 Å². The number of esters is 1. The van der Waals surface area contributed by atoms with Crippen molar-refractivity contribution in [3.05, 3.63) is 91.6 Å². The van der Waals surface area contributed by atoms with E-state index in [1.54, 1.807) is 38.1 Å². The Hall–Kier alpha value is -3.30. The summed E-state index contributed by atoms with van der Waals surface area (Å²) < 4.78 is 11.1. The number of fused-ring (bicyclic) bond motifs is 1. The van der Waals surface area contributed by atoms with Gasteiger partial charge in [-0.1, -0.05) is 29.4 Å². The Balaban J connectivity index is 1.58. The first-order valence-corrected chi connectivity index (χ1v) is 11.4. The topological polar surface area (TPSA) is 94.3 Å². The van der Waals surface area contributed by atoms with Crippen LogP contribution in [-0.4, -0.2) is 27.6 Å². The quantitative estimate of drug-likeness (QED) is 0.286. The van der Waals surface area contributed by atoms with E-state index in [1.165, 1.54) is 23.9 Å². The van der Waals surface area contributed by atoms with Crippen molar-refractivity contribution in [1.82, 2.24) is 4.90 Å². The number of thioether (sulfide) groups is 1. The van der Waals surface area contributed by atoms with Crippen molar-refractivity contribution in [1.29, 1.82) is 0 Å². The van der Waals surface area contributed by atoms with E-state index in [2.05, 4.69) is 4.99 Å². The van der Waals surface area contributed by atoms with E-state index in [-0.39, 0.29) is 18.9 Å². The number of allylic oxidation sites excluding steroid dienone is 1. The van der Waals surface area contributed by atoms with Gasteiger partial charge < -0.3 is 14.4 Å². The number of benzene rings is 2. The van der Waals surface area contributed by atoms with Gasteiger partial charge in [0.15, 0.2) is 5.17 Å². The number of carbonyl (C=O) groups excluding carboxylic acids is 1. The minimum Gasteiger partial charge on any atom is -0.487 e. The Morgan fingerprint density at radius 3 is 2.70 bits per heavy atom. The lowest BCUT2D eigenvalue weighted by Crippen LogP contribution is -2.34. The molecule has 0 unspecified atom stereocenters. The maximum Gasteiger partial charge on any atom is 0.338 e. The van der Waals surface area contributed by atoms with Crippen molar-refractivity contribution < 1.29 is 19.2 Å². The lowest BCUT2D eigenvalue weighted by atomic mass is 9.94. The molecule has 170 valence electrons. The SMILES string of the molecule is CCOC(=O)C1=C(C)N=C2SC=CN2[C@@H]1c1ccc(OCc2ccc([N+](=O)[O-])cc2)c(Cl)c1. The van der Waals surface area contributed by atoms with Crippen molar-refractivity contribution in [2.24, 2.45) is 4.99 Å². The lowest BCUT2D eigenvalue weighted by Gasteiger charge is -2.33. The molecule has 0 N–H and O–H groups in total. The third-order valence-corrected chi connectivity index (χ3v) is 6.20. The molecule has 0 amide bonds. The van der Waals surface area contributed by atoms with Crippen LogP contribution < -0.4 is 4.74 Å². The highest BCUT2D eigenvalue weighted by molar-refractivity contribution is 8.16. The predicted octanol–water partition coefficient (Wildman–Crippen LogP) is 5.60. The molecule has 2 aromatic carbocycles. The molecule has 0 saturated carbocycles. The van der Waals surface area contributed by atoms with Crippen LogP contribution in [0, 0.1) is 10.1 Å². The van der Waals surface area contributed by atoms with Gasteiger partial charge in [0.2, 0.25) is 0 Å². The summed E-state index contributed by atoms with van der Waals surface area (Å²) in [5.74, 6) is 0.0518. The number of nitro benzene ring substituents is 1. The molecule has 0 spiro atoms. The Morgan fingerprint density at radius 2 is 2.03 bits per heavy atom. The maximum absolute atomic E-state index is 12.8. The standard InChI is InChI=1S/C23H20ClN3O5S/c1-3-31-22(28)20-14(2)25-23-26(10-11-33-23)21(20)16-6-9-19(18(24)12-16)32-13-15-4-7-17(8-5-15)27(29)30/h4-12,21H,3,13H2,1-2H3/t21-/m1/s1. The third-order valence-electron chi connectivity index (χ3n) is 5.13. The van der Waals surface area contributed by atoms with E-state index < -0.39 is 16.9 Å². The lowest BCUT2D eigenvalue weighted by molar-refractivity contribution is -0.384. The summed E-state index contributed by atoms with van der Waals surface area (Å²) in [7, 11) is 0. The van der Waals surface area contributed by atoms with Crippen LogP contribution in [0.1, 0.15) is 31.0 Å². The van der Waals surface area contributed by atoms with E-state index in [0.717, 1.165) is 16.3 Å². The Kier molecular flexibility index (Phi) is 6.71. The third kappa shape index (κ3) is 4.74. The molecule has 2 aromatic rings. The van der Waals surface area contributed by atoms with Gasteiger partial charge in [0.05, 0.1) is 33.9 Å². The van der Waals surface area contributed by atoms with Crippen molar-refractivity contribution in [3.8, 4) is 5.75 Å². The van der Waals surface area contributed by atoms with Crippen LogP contribution >= 0.6 is 23.4 Å². The zero-order valence-electron chi connectivity index (χ0n) is 17.9. The van der Waals surface area contributed by atoms with Crippen molar-refractivity contribution in [2.45, 2.75) is 26.5 Å². The minimum absolute atomic E-state index is 0.0198. The van der Waals surface area contributed by atoms with Crippen molar-refractivity contribution >= 4 is 40.2 Å². The van der Waals surface area contributed by atoms with E-state index >= 15 is 0 Å². The van der Waals surface area contributed by atoms with Gasteiger partial charge in [-0.05, 0) is 54.6 Å². The number of amidine groups is 1. The molecule has 0 fully saturated rings. The first kappa shape index (κ1) is 22.9. The smallest absolute Gasteiger partial charge is 0.338 e. The molecule has 1 atom stereocenters. The largest absolute Gasteiger partial charge is 0.487 e. The summed E-state index contributed by atoms with van der Waals surface area (Å²) in [5, 5.41) is 13.9. The zero-order chi connectivity index (χ0) is 23.5. The summed E-state index contributed by atoms with van der Waals surface area (Å²) in [6.45, 7) is 4.03. The second-order valence-electron chi connectivity index (χ2n) is 7.23. The molecular weight excluding hydrogens is 466 g/mol. The molecule has 2 aliphatic heterocycles.